The Balaban J connectivity index is 2.52. The van der Waals surface area contributed by atoms with Crippen LogP contribution in [0.1, 0.15) is 46.5 Å². The Hall–Kier alpha value is -1.06. The van der Waals surface area contributed by atoms with E-state index in [1.165, 1.54) is 0 Å². The predicted molar refractivity (Wildman–Crippen MR) is 72.1 cm³/mol. The molecule has 2 atom stereocenters. The third-order valence-electron chi connectivity index (χ3n) is 3.60. The van der Waals surface area contributed by atoms with Gasteiger partial charge in [0.2, 0.25) is 11.8 Å². The number of hydrogen-bond donors (Lipinski definition) is 1. The molecule has 1 aliphatic heterocycles. The number of amides is 2. The number of carbonyl (C=O) groups excluding carboxylic acids is 2. The Kier molecular flexibility index (Phi) is 6.16. The summed E-state index contributed by atoms with van der Waals surface area (Å²) in [4.78, 5) is 25.9. The van der Waals surface area contributed by atoms with Gasteiger partial charge in [-0.2, -0.15) is 0 Å². The zero-order chi connectivity index (χ0) is 13.5. The van der Waals surface area contributed by atoms with Crippen molar-refractivity contribution >= 4 is 11.8 Å². The minimum Gasteiger partial charge on any atom is -0.356 e. The second kappa shape index (κ2) is 7.39. The highest BCUT2D eigenvalue weighted by atomic mass is 16.2. The standard InChI is InChI=1S/C14H26N2O2/c1-4-7-11(3)14(18)16-9-6-8-12(10-16)13(17)15-5-2/h11-12H,4-10H2,1-3H3,(H,15,17). The van der Waals surface area contributed by atoms with Crippen molar-refractivity contribution in [2.45, 2.75) is 46.5 Å². The number of carbonyl (C=O) groups is 2. The third kappa shape index (κ3) is 4.00. The van der Waals surface area contributed by atoms with E-state index in [2.05, 4.69) is 12.2 Å². The molecule has 0 aromatic rings. The molecule has 1 N–H and O–H groups in total. The van der Waals surface area contributed by atoms with Crippen LogP contribution in [0.3, 0.4) is 0 Å². The molecule has 1 rings (SSSR count). The Labute approximate surface area is 110 Å². The first-order chi connectivity index (χ1) is 8.60. The van der Waals surface area contributed by atoms with Crippen LogP contribution in [-0.2, 0) is 9.59 Å². The van der Waals surface area contributed by atoms with Gasteiger partial charge in [-0.25, -0.2) is 0 Å². The molecule has 0 aromatic carbocycles. The molecular weight excluding hydrogens is 228 g/mol. The molecule has 0 spiro atoms. The molecule has 0 bridgehead atoms. The van der Waals surface area contributed by atoms with Crippen molar-refractivity contribution in [1.29, 1.82) is 0 Å². The molecule has 0 saturated carbocycles. The molecule has 4 heteroatoms. The molecule has 4 nitrogen and oxygen atoms in total. The summed E-state index contributed by atoms with van der Waals surface area (Å²) in [7, 11) is 0. The van der Waals surface area contributed by atoms with E-state index in [0.29, 0.717) is 13.1 Å². The SMILES string of the molecule is CCCC(C)C(=O)N1CCCC(C(=O)NCC)C1. The van der Waals surface area contributed by atoms with E-state index in [1.807, 2.05) is 18.7 Å². The Morgan fingerprint density at radius 3 is 2.72 bits per heavy atom. The van der Waals surface area contributed by atoms with Crippen LogP contribution >= 0.6 is 0 Å². The molecule has 2 unspecified atom stereocenters. The van der Waals surface area contributed by atoms with Crippen molar-refractivity contribution in [3.05, 3.63) is 0 Å². The maximum absolute atomic E-state index is 12.2. The minimum atomic E-state index is -0.0172. The van der Waals surface area contributed by atoms with Gasteiger partial charge in [0.05, 0.1) is 5.92 Å². The van der Waals surface area contributed by atoms with Gasteiger partial charge in [-0.05, 0) is 26.2 Å². The monoisotopic (exact) mass is 254 g/mol. The number of hydrogen-bond acceptors (Lipinski definition) is 2. The average Bonchev–Trinajstić information content (AvgIpc) is 2.38. The van der Waals surface area contributed by atoms with Gasteiger partial charge in [0.15, 0.2) is 0 Å². The fraction of sp³-hybridized carbons (Fsp3) is 0.857. The molecule has 1 fully saturated rings. The number of rotatable bonds is 5. The molecule has 1 saturated heterocycles. The highest BCUT2D eigenvalue weighted by Gasteiger charge is 2.29. The first-order valence-corrected chi connectivity index (χ1v) is 7.16. The lowest BCUT2D eigenvalue weighted by molar-refractivity contribution is -0.139. The van der Waals surface area contributed by atoms with Crippen molar-refractivity contribution in [2.75, 3.05) is 19.6 Å². The van der Waals surface area contributed by atoms with Crippen LogP contribution in [0.5, 0.6) is 0 Å². The normalized spacial score (nSPS) is 21.5. The zero-order valence-corrected chi connectivity index (χ0v) is 11.9. The first-order valence-electron chi connectivity index (χ1n) is 7.16. The van der Waals surface area contributed by atoms with Crippen molar-refractivity contribution in [2.24, 2.45) is 11.8 Å². The van der Waals surface area contributed by atoms with Crippen LogP contribution in [0.2, 0.25) is 0 Å². The van der Waals surface area contributed by atoms with E-state index in [1.54, 1.807) is 0 Å². The summed E-state index contributed by atoms with van der Waals surface area (Å²) in [6.07, 6.45) is 3.80. The van der Waals surface area contributed by atoms with Crippen molar-refractivity contribution in [3.8, 4) is 0 Å². The Morgan fingerprint density at radius 2 is 2.11 bits per heavy atom. The molecule has 1 aliphatic rings. The number of nitrogens with zero attached hydrogens (tertiary/aromatic N) is 1. The minimum absolute atomic E-state index is 0.0172. The lowest BCUT2D eigenvalue weighted by Crippen LogP contribution is -2.46. The van der Waals surface area contributed by atoms with Crippen molar-refractivity contribution in [1.82, 2.24) is 10.2 Å². The van der Waals surface area contributed by atoms with E-state index in [-0.39, 0.29) is 23.7 Å². The van der Waals surface area contributed by atoms with Crippen LogP contribution in [0, 0.1) is 11.8 Å². The lowest BCUT2D eigenvalue weighted by atomic mass is 9.95. The largest absolute Gasteiger partial charge is 0.356 e. The molecule has 2 amide bonds. The van der Waals surface area contributed by atoms with Crippen LogP contribution in [0.25, 0.3) is 0 Å². The summed E-state index contributed by atoms with van der Waals surface area (Å²) in [5.74, 6) is 0.378. The van der Waals surface area contributed by atoms with E-state index in [9.17, 15) is 9.59 Å². The Bertz CT molecular complexity index is 292. The first kappa shape index (κ1) is 15.0. The highest BCUT2D eigenvalue weighted by Crippen LogP contribution is 2.20. The number of nitrogens with one attached hydrogen (secondary N) is 1. The molecule has 104 valence electrons. The number of piperidine rings is 1. The quantitative estimate of drug-likeness (QED) is 0.813. The van der Waals surface area contributed by atoms with E-state index < -0.39 is 0 Å². The summed E-state index contributed by atoms with van der Waals surface area (Å²) in [6.45, 7) is 8.07. The molecule has 0 aliphatic carbocycles. The fourth-order valence-corrected chi connectivity index (χ4v) is 2.58. The van der Waals surface area contributed by atoms with Gasteiger partial charge < -0.3 is 10.2 Å². The molecule has 18 heavy (non-hydrogen) atoms. The molecular formula is C14H26N2O2. The van der Waals surface area contributed by atoms with Crippen LogP contribution < -0.4 is 5.32 Å². The second-order valence-corrected chi connectivity index (χ2v) is 5.21. The van der Waals surface area contributed by atoms with Gasteiger partial charge in [-0.1, -0.05) is 20.3 Å². The van der Waals surface area contributed by atoms with Gasteiger partial charge >= 0.3 is 0 Å². The van der Waals surface area contributed by atoms with Crippen LogP contribution in [-0.4, -0.2) is 36.3 Å². The molecule has 0 aromatic heterocycles. The van der Waals surface area contributed by atoms with Crippen LogP contribution in [0.15, 0.2) is 0 Å². The molecule has 0 radical (unpaired) electrons. The van der Waals surface area contributed by atoms with Gasteiger partial charge in [-0.15, -0.1) is 0 Å². The van der Waals surface area contributed by atoms with Crippen LogP contribution in [0.4, 0.5) is 0 Å². The van der Waals surface area contributed by atoms with Gasteiger partial charge in [0.1, 0.15) is 0 Å². The summed E-state index contributed by atoms with van der Waals surface area (Å²) in [6, 6.07) is 0. The maximum Gasteiger partial charge on any atom is 0.225 e. The second-order valence-electron chi connectivity index (χ2n) is 5.21. The topological polar surface area (TPSA) is 49.4 Å². The average molecular weight is 254 g/mol. The molecule has 1 heterocycles. The van der Waals surface area contributed by atoms with Gasteiger partial charge in [0.25, 0.3) is 0 Å². The Morgan fingerprint density at radius 1 is 1.39 bits per heavy atom. The summed E-state index contributed by atoms with van der Waals surface area (Å²) < 4.78 is 0. The third-order valence-corrected chi connectivity index (χ3v) is 3.60. The lowest BCUT2D eigenvalue weighted by Gasteiger charge is -2.33. The summed E-state index contributed by atoms with van der Waals surface area (Å²) in [5, 5.41) is 2.85. The fourth-order valence-electron chi connectivity index (χ4n) is 2.58. The summed E-state index contributed by atoms with van der Waals surface area (Å²) in [5.41, 5.74) is 0. The van der Waals surface area contributed by atoms with Crippen molar-refractivity contribution < 1.29 is 9.59 Å². The van der Waals surface area contributed by atoms with E-state index in [4.69, 9.17) is 0 Å². The highest BCUT2D eigenvalue weighted by molar-refractivity contribution is 5.82. The predicted octanol–water partition coefficient (Wildman–Crippen LogP) is 1.80. The van der Waals surface area contributed by atoms with Gasteiger partial charge in [0, 0.05) is 25.6 Å². The summed E-state index contributed by atoms with van der Waals surface area (Å²) >= 11 is 0. The zero-order valence-electron chi connectivity index (χ0n) is 11.9. The smallest absolute Gasteiger partial charge is 0.225 e. The van der Waals surface area contributed by atoms with Gasteiger partial charge in [-0.3, -0.25) is 9.59 Å². The van der Waals surface area contributed by atoms with E-state index in [0.717, 1.165) is 32.2 Å². The van der Waals surface area contributed by atoms with E-state index >= 15 is 0 Å². The van der Waals surface area contributed by atoms with Crippen molar-refractivity contribution in [3.63, 3.8) is 0 Å². The maximum atomic E-state index is 12.2. The number of likely N-dealkylation sites (tertiary alicyclic amines) is 1.